The Morgan fingerprint density at radius 3 is 2.90 bits per heavy atom. The van der Waals surface area contributed by atoms with Crippen LogP contribution >= 0.6 is 10.5 Å². The Hall–Kier alpha value is -1.38. The highest BCUT2D eigenvalue weighted by Crippen LogP contribution is 2.30. The Bertz CT molecular complexity index is 757. The van der Waals surface area contributed by atoms with Gasteiger partial charge in [0.25, 0.3) is 0 Å². The summed E-state index contributed by atoms with van der Waals surface area (Å²) in [6, 6.07) is 4.64. The maximum absolute atomic E-state index is 3.67. The number of allylic oxidation sites excluding steroid dienone is 3. The van der Waals surface area contributed by atoms with Crippen molar-refractivity contribution in [3.05, 3.63) is 46.4 Å². The summed E-state index contributed by atoms with van der Waals surface area (Å²) in [5.74, 6) is 1.19. The second-order valence-corrected chi connectivity index (χ2v) is 7.51. The van der Waals surface area contributed by atoms with Crippen LogP contribution in [0.25, 0.3) is 18.2 Å². The molecule has 0 aromatic heterocycles. The summed E-state index contributed by atoms with van der Waals surface area (Å²) in [7, 11) is 0.289. The van der Waals surface area contributed by atoms with E-state index in [2.05, 4.69) is 53.9 Å². The van der Waals surface area contributed by atoms with E-state index < -0.39 is 0 Å². The maximum Gasteiger partial charge on any atom is 0.0203 e. The van der Waals surface area contributed by atoms with Crippen LogP contribution in [0.1, 0.15) is 24.8 Å². The largest absolute Gasteiger partial charge is 0.287 e. The molecule has 1 atom stereocenters. The maximum atomic E-state index is 3.67. The summed E-state index contributed by atoms with van der Waals surface area (Å²) in [5, 5.41) is 6.54. The van der Waals surface area contributed by atoms with Crippen molar-refractivity contribution in [3.8, 4) is 0 Å². The molecular formula is C18H19NS. The number of piperidine rings is 1. The summed E-state index contributed by atoms with van der Waals surface area (Å²) in [5.41, 5.74) is 1.34. The molecule has 1 nitrogen and oxygen atoms in total. The fourth-order valence-electron chi connectivity index (χ4n) is 3.19. The molecule has 0 amide bonds. The van der Waals surface area contributed by atoms with E-state index in [0.717, 1.165) is 6.54 Å². The zero-order valence-corrected chi connectivity index (χ0v) is 12.4. The van der Waals surface area contributed by atoms with Crippen LogP contribution in [0, 0.1) is 0 Å². The van der Waals surface area contributed by atoms with Crippen molar-refractivity contribution in [2.24, 2.45) is 0 Å². The van der Waals surface area contributed by atoms with Gasteiger partial charge in [-0.1, -0.05) is 42.5 Å². The van der Waals surface area contributed by atoms with Gasteiger partial charge in [0.05, 0.1) is 0 Å². The molecule has 102 valence electrons. The van der Waals surface area contributed by atoms with Crippen LogP contribution < -0.4 is 15.8 Å². The first-order valence-electron chi connectivity index (χ1n) is 7.42. The van der Waals surface area contributed by atoms with E-state index in [1.807, 2.05) is 0 Å². The van der Waals surface area contributed by atoms with Crippen LogP contribution in [0.2, 0.25) is 0 Å². The third-order valence-electron chi connectivity index (χ3n) is 4.21. The fourth-order valence-corrected chi connectivity index (χ4v) is 5.53. The van der Waals surface area contributed by atoms with Crippen molar-refractivity contribution >= 4 is 33.7 Å². The topological polar surface area (TPSA) is 12.0 Å². The van der Waals surface area contributed by atoms with E-state index in [0.29, 0.717) is 0 Å². The third kappa shape index (κ3) is 2.04. The molecule has 3 aliphatic rings. The molecule has 1 aliphatic carbocycles. The molecule has 0 bridgehead atoms. The van der Waals surface area contributed by atoms with Crippen molar-refractivity contribution in [1.82, 2.24) is 5.32 Å². The molecule has 1 N–H and O–H groups in total. The zero-order chi connectivity index (χ0) is 13.4. The average molecular weight is 281 g/mol. The van der Waals surface area contributed by atoms with Gasteiger partial charge in [0, 0.05) is 22.2 Å². The minimum atomic E-state index is 0.289. The van der Waals surface area contributed by atoms with Gasteiger partial charge in [0.15, 0.2) is 0 Å². The molecule has 2 heteroatoms. The Morgan fingerprint density at radius 1 is 1.00 bits per heavy atom. The minimum absolute atomic E-state index is 0.289. The number of nitrogens with one attached hydrogen (secondary N) is 1. The second-order valence-electron chi connectivity index (χ2n) is 5.46. The minimum Gasteiger partial charge on any atom is -0.287 e. The first-order chi connectivity index (χ1) is 9.93. The summed E-state index contributed by atoms with van der Waals surface area (Å²) < 4.78 is 0. The molecule has 0 spiro atoms. The Morgan fingerprint density at radius 2 is 2.00 bits per heavy atom. The molecule has 20 heavy (non-hydrogen) atoms. The summed E-state index contributed by atoms with van der Waals surface area (Å²) >= 11 is 0. The van der Waals surface area contributed by atoms with Gasteiger partial charge in [-0.2, -0.15) is 0 Å². The smallest absolute Gasteiger partial charge is 0.0203 e. The number of fused-ring (bicyclic) bond motifs is 3. The Kier molecular flexibility index (Phi) is 3.21. The lowest BCUT2D eigenvalue weighted by atomic mass is 10.1. The number of hydrogen-bond acceptors (Lipinski definition) is 0. The van der Waals surface area contributed by atoms with Crippen LogP contribution in [0.15, 0.2) is 35.3 Å². The van der Waals surface area contributed by atoms with Crippen molar-refractivity contribution in [3.63, 3.8) is 0 Å². The molecule has 4 rings (SSSR count). The zero-order valence-electron chi connectivity index (χ0n) is 11.6. The fraction of sp³-hybridized carbons (Fsp3) is 0.278. The molecule has 1 saturated heterocycles. The first-order valence-corrected chi connectivity index (χ1v) is 8.82. The van der Waals surface area contributed by atoms with E-state index in [9.17, 15) is 0 Å². The van der Waals surface area contributed by atoms with E-state index in [1.54, 1.807) is 9.88 Å². The van der Waals surface area contributed by atoms with Gasteiger partial charge in [0.2, 0.25) is 0 Å². The van der Waals surface area contributed by atoms with Gasteiger partial charge in [0.1, 0.15) is 0 Å². The molecule has 1 aromatic carbocycles. The number of hydrogen-bond donors (Lipinski definition) is 1. The van der Waals surface area contributed by atoms with Gasteiger partial charge in [-0.05, 0) is 41.3 Å². The quantitative estimate of drug-likeness (QED) is 0.720. The molecule has 1 fully saturated rings. The van der Waals surface area contributed by atoms with Gasteiger partial charge < -0.3 is 0 Å². The summed E-state index contributed by atoms with van der Waals surface area (Å²) in [4.78, 5) is 3.14. The predicted octanol–water partition coefficient (Wildman–Crippen LogP) is 2.38. The van der Waals surface area contributed by atoms with E-state index in [1.165, 1.54) is 41.0 Å². The van der Waals surface area contributed by atoms with Gasteiger partial charge in [-0.3, -0.25) is 5.32 Å². The SMILES string of the molecule is C1=CC=c2c(ccc3c2=CCS3=C2CCCCN2)C=C1. The van der Waals surface area contributed by atoms with Gasteiger partial charge in [-0.15, -0.1) is 10.5 Å². The number of rotatable bonds is 0. The lowest BCUT2D eigenvalue weighted by Crippen LogP contribution is -2.30. The van der Waals surface area contributed by atoms with E-state index in [4.69, 9.17) is 0 Å². The van der Waals surface area contributed by atoms with Gasteiger partial charge in [-0.25, -0.2) is 0 Å². The normalized spacial score (nSPS) is 25.4. The van der Waals surface area contributed by atoms with E-state index in [-0.39, 0.29) is 10.5 Å². The average Bonchev–Trinajstić information content (AvgIpc) is 2.78. The standard InChI is InChI=1S/C18H19NS/c1-2-6-14-9-10-17-16(15(14)7-3-1)11-13-20(17)18-8-4-5-12-19-18/h1-3,6-7,9-11,19H,4-5,8,12-13H2. The lowest BCUT2D eigenvalue weighted by Gasteiger charge is -2.19. The third-order valence-corrected chi connectivity index (χ3v) is 6.54. The van der Waals surface area contributed by atoms with Crippen molar-refractivity contribution in [2.45, 2.75) is 24.2 Å². The monoisotopic (exact) mass is 281 g/mol. The molecule has 0 saturated carbocycles. The molecule has 0 radical (unpaired) electrons. The summed E-state index contributed by atoms with van der Waals surface area (Å²) in [6.07, 6.45) is 17.2. The predicted molar refractivity (Wildman–Crippen MR) is 90.4 cm³/mol. The van der Waals surface area contributed by atoms with Crippen molar-refractivity contribution in [2.75, 3.05) is 12.3 Å². The highest BCUT2D eigenvalue weighted by atomic mass is 32.2. The van der Waals surface area contributed by atoms with Crippen LogP contribution in [-0.2, 0) is 0 Å². The van der Waals surface area contributed by atoms with Gasteiger partial charge >= 0.3 is 0 Å². The molecule has 2 aliphatic heterocycles. The molecule has 2 heterocycles. The second kappa shape index (κ2) is 5.19. The van der Waals surface area contributed by atoms with Crippen molar-refractivity contribution in [1.29, 1.82) is 0 Å². The van der Waals surface area contributed by atoms with Crippen molar-refractivity contribution < 1.29 is 0 Å². The van der Waals surface area contributed by atoms with Crippen LogP contribution in [0.4, 0.5) is 0 Å². The highest BCUT2D eigenvalue weighted by Gasteiger charge is 2.16. The van der Waals surface area contributed by atoms with Crippen LogP contribution in [0.5, 0.6) is 0 Å². The lowest BCUT2D eigenvalue weighted by molar-refractivity contribution is 0.679. The molecule has 1 unspecified atom stereocenters. The number of benzene rings is 1. The van der Waals surface area contributed by atoms with Crippen LogP contribution in [-0.4, -0.2) is 17.3 Å². The van der Waals surface area contributed by atoms with Crippen LogP contribution in [0.3, 0.4) is 0 Å². The molecule has 1 aromatic rings. The van der Waals surface area contributed by atoms with E-state index >= 15 is 0 Å². The Labute approximate surface area is 122 Å². The summed E-state index contributed by atoms with van der Waals surface area (Å²) in [6.45, 7) is 1.16. The first kappa shape index (κ1) is 12.4. The molecular weight excluding hydrogens is 262 g/mol. The highest BCUT2D eigenvalue weighted by molar-refractivity contribution is 8.16. The Balaban J connectivity index is 1.92.